The maximum absolute atomic E-state index is 6.18. The summed E-state index contributed by atoms with van der Waals surface area (Å²) in [5.41, 5.74) is 7.07. The van der Waals surface area contributed by atoms with Gasteiger partial charge in [-0.3, -0.25) is 4.68 Å². The van der Waals surface area contributed by atoms with E-state index in [0.29, 0.717) is 11.8 Å². The minimum atomic E-state index is -0.398. The lowest BCUT2D eigenvalue weighted by molar-refractivity contribution is 0.297. The molecule has 6 nitrogen and oxygen atoms in total. The first-order valence-corrected chi connectivity index (χ1v) is 7.75. The Labute approximate surface area is 124 Å². The van der Waals surface area contributed by atoms with Crippen LogP contribution < -0.4 is 5.73 Å². The molecule has 0 spiro atoms. The second-order valence-corrected chi connectivity index (χ2v) is 6.05. The first-order chi connectivity index (χ1) is 10.2. The standard InChI is InChI=1S/C15H23N5O/c1-3-10-5-4-6-11(7-10)14-18-15(21-19-14)13(16)12-8-17-20(2)9-12/h8-11,13H,3-7,16H2,1-2H3. The molecule has 1 fully saturated rings. The van der Waals surface area contributed by atoms with Crippen molar-refractivity contribution in [1.82, 2.24) is 19.9 Å². The molecule has 2 aromatic rings. The van der Waals surface area contributed by atoms with Gasteiger partial charge in [0.05, 0.1) is 6.20 Å². The summed E-state index contributed by atoms with van der Waals surface area (Å²) in [7, 11) is 1.86. The van der Waals surface area contributed by atoms with Gasteiger partial charge in [-0.2, -0.15) is 10.1 Å². The molecule has 0 amide bonds. The molecule has 0 saturated heterocycles. The SMILES string of the molecule is CCC1CCCC(c2noc(C(N)c3cnn(C)c3)n2)C1. The highest BCUT2D eigenvalue weighted by molar-refractivity contribution is 5.17. The van der Waals surface area contributed by atoms with Crippen molar-refractivity contribution in [3.8, 4) is 0 Å². The van der Waals surface area contributed by atoms with E-state index in [-0.39, 0.29) is 0 Å². The molecule has 0 aromatic carbocycles. The Bertz CT molecular complexity index is 590. The van der Waals surface area contributed by atoms with E-state index in [1.165, 1.54) is 19.3 Å². The van der Waals surface area contributed by atoms with Crippen molar-refractivity contribution in [2.45, 2.75) is 51.0 Å². The zero-order valence-electron chi connectivity index (χ0n) is 12.7. The third-order valence-corrected chi connectivity index (χ3v) is 4.53. The van der Waals surface area contributed by atoms with Crippen molar-refractivity contribution in [3.63, 3.8) is 0 Å². The van der Waals surface area contributed by atoms with Crippen molar-refractivity contribution in [1.29, 1.82) is 0 Å². The van der Waals surface area contributed by atoms with Gasteiger partial charge in [0, 0.05) is 24.7 Å². The lowest BCUT2D eigenvalue weighted by Crippen LogP contribution is -2.15. The number of nitrogens with two attached hydrogens (primary N) is 1. The minimum absolute atomic E-state index is 0.398. The van der Waals surface area contributed by atoms with Gasteiger partial charge in [-0.15, -0.1) is 0 Å². The fourth-order valence-corrected chi connectivity index (χ4v) is 3.18. The van der Waals surface area contributed by atoms with Crippen molar-refractivity contribution in [3.05, 3.63) is 29.7 Å². The van der Waals surface area contributed by atoms with Gasteiger partial charge in [0.15, 0.2) is 5.82 Å². The minimum Gasteiger partial charge on any atom is -0.337 e. The molecule has 1 aliphatic rings. The number of rotatable bonds is 4. The molecule has 2 heterocycles. The van der Waals surface area contributed by atoms with Crippen molar-refractivity contribution in [2.75, 3.05) is 0 Å². The fourth-order valence-electron chi connectivity index (χ4n) is 3.18. The van der Waals surface area contributed by atoms with Crippen LogP contribution in [-0.2, 0) is 7.05 Å². The van der Waals surface area contributed by atoms with Crippen LogP contribution in [0.4, 0.5) is 0 Å². The molecule has 1 aliphatic carbocycles. The van der Waals surface area contributed by atoms with E-state index >= 15 is 0 Å². The predicted molar refractivity (Wildman–Crippen MR) is 78.5 cm³/mol. The number of aromatic nitrogens is 4. The second kappa shape index (κ2) is 5.97. The summed E-state index contributed by atoms with van der Waals surface area (Å²) in [6, 6.07) is -0.398. The van der Waals surface area contributed by atoms with Crippen LogP contribution in [0.15, 0.2) is 16.9 Å². The van der Waals surface area contributed by atoms with Crippen LogP contribution in [0, 0.1) is 5.92 Å². The number of hydrogen-bond acceptors (Lipinski definition) is 5. The summed E-state index contributed by atoms with van der Waals surface area (Å²) in [5.74, 6) is 2.51. The van der Waals surface area contributed by atoms with E-state index in [4.69, 9.17) is 10.3 Å². The predicted octanol–water partition coefficient (Wildman–Crippen LogP) is 2.54. The zero-order chi connectivity index (χ0) is 14.8. The average Bonchev–Trinajstić information content (AvgIpc) is 3.15. The smallest absolute Gasteiger partial charge is 0.248 e. The lowest BCUT2D eigenvalue weighted by atomic mass is 9.80. The molecule has 3 atom stereocenters. The largest absolute Gasteiger partial charge is 0.337 e. The number of nitrogens with zero attached hydrogens (tertiary/aromatic N) is 4. The van der Waals surface area contributed by atoms with Gasteiger partial charge >= 0.3 is 0 Å². The Balaban J connectivity index is 1.73. The summed E-state index contributed by atoms with van der Waals surface area (Å²) in [6.45, 7) is 2.26. The molecule has 6 heteroatoms. The summed E-state index contributed by atoms with van der Waals surface area (Å²) in [4.78, 5) is 4.55. The fraction of sp³-hybridized carbons (Fsp3) is 0.667. The molecule has 0 bridgehead atoms. The van der Waals surface area contributed by atoms with E-state index in [0.717, 1.165) is 30.1 Å². The maximum atomic E-state index is 6.18. The van der Waals surface area contributed by atoms with Gasteiger partial charge in [0.2, 0.25) is 5.89 Å². The van der Waals surface area contributed by atoms with Crippen molar-refractivity contribution in [2.24, 2.45) is 18.7 Å². The van der Waals surface area contributed by atoms with Crippen LogP contribution in [0.5, 0.6) is 0 Å². The monoisotopic (exact) mass is 289 g/mol. The molecular weight excluding hydrogens is 266 g/mol. The Morgan fingerprint density at radius 2 is 2.33 bits per heavy atom. The summed E-state index contributed by atoms with van der Waals surface area (Å²) >= 11 is 0. The third-order valence-electron chi connectivity index (χ3n) is 4.53. The Morgan fingerprint density at radius 3 is 3.05 bits per heavy atom. The summed E-state index contributed by atoms with van der Waals surface area (Å²) < 4.78 is 7.11. The highest BCUT2D eigenvalue weighted by atomic mass is 16.5. The van der Waals surface area contributed by atoms with E-state index in [1.807, 2.05) is 13.2 Å². The van der Waals surface area contributed by atoms with Gasteiger partial charge in [-0.1, -0.05) is 31.3 Å². The Morgan fingerprint density at radius 1 is 1.48 bits per heavy atom. The topological polar surface area (TPSA) is 82.8 Å². The van der Waals surface area contributed by atoms with E-state index in [9.17, 15) is 0 Å². The number of hydrogen-bond donors (Lipinski definition) is 1. The van der Waals surface area contributed by atoms with Crippen molar-refractivity contribution >= 4 is 0 Å². The Hall–Kier alpha value is -1.69. The van der Waals surface area contributed by atoms with E-state index < -0.39 is 6.04 Å². The molecule has 114 valence electrons. The quantitative estimate of drug-likeness (QED) is 0.935. The maximum Gasteiger partial charge on any atom is 0.248 e. The molecule has 3 unspecified atom stereocenters. The molecule has 3 rings (SSSR count). The summed E-state index contributed by atoms with van der Waals surface area (Å²) in [5, 5.41) is 8.30. The Kier molecular flexibility index (Phi) is 4.05. The zero-order valence-corrected chi connectivity index (χ0v) is 12.7. The second-order valence-electron chi connectivity index (χ2n) is 6.05. The normalized spacial score (nSPS) is 24.1. The van der Waals surface area contributed by atoms with Gasteiger partial charge in [0.1, 0.15) is 6.04 Å². The van der Waals surface area contributed by atoms with E-state index in [1.54, 1.807) is 10.9 Å². The highest BCUT2D eigenvalue weighted by Crippen LogP contribution is 2.36. The molecule has 21 heavy (non-hydrogen) atoms. The molecule has 0 radical (unpaired) electrons. The lowest BCUT2D eigenvalue weighted by Gasteiger charge is -2.26. The van der Waals surface area contributed by atoms with Crippen LogP contribution in [0.1, 0.15) is 68.3 Å². The van der Waals surface area contributed by atoms with Gasteiger partial charge in [-0.05, 0) is 18.8 Å². The molecule has 2 N–H and O–H groups in total. The molecule has 0 aliphatic heterocycles. The highest BCUT2D eigenvalue weighted by Gasteiger charge is 2.27. The first kappa shape index (κ1) is 14.3. The van der Waals surface area contributed by atoms with Gasteiger partial charge < -0.3 is 10.3 Å². The number of aryl methyl sites for hydroxylation is 1. The van der Waals surface area contributed by atoms with Crippen LogP contribution in [-0.4, -0.2) is 19.9 Å². The first-order valence-electron chi connectivity index (χ1n) is 7.75. The molecular formula is C15H23N5O. The van der Waals surface area contributed by atoms with Crippen LogP contribution in [0.2, 0.25) is 0 Å². The summed E-state index contributed by atoms with van der Waals surface area (Å²) in [6.07, 6.45) is 9.74. The molecule has 2 aromatic heterocycles. The third kappa shape index (κ3) is 3.00. The van der Waals surface area contributed by atoms with Crippen LogP contribution >= 0.6 is 0 Å². The van der Waals surface area contributed by atoms with Gasteiger partial charge in [0.25, 0.3) is 0 Å². The molecule has 1 saturated carbocycles. The van der Waals surface area contributed by atoms with Gasteiger partial charge in [-0.25, -0.2) is 0 Å². The average molecular weight is 289 g/mol. The van der Waals surface area contributed by atoms with Crippen molar-refractivity contribution < 1.29 is 4.52 Å². The van der Waals surface area contributed by atoms with Crippen LogP contribution in [0.3, 0.4) is 0 Å². The van der Waals surface area contributed by atoms with Crippen LogP contribution in [0.25, 0.3) is 0 Å². The van der Waals surface area contributed by atoms with E-state index in [2.05, 4.69) is 22.2 Å².